The minimum Gasteiger partial charge on any atom is -0.289 e. The van der Waals surface area contributed by atoms with E-state index in [-0.39, 0.29) is 5.92 Å². The Morgan fingerprint density at radius 1 is 1.11 bits per heavy atom. The average Bonchev–Trinajstić information content (AvgIpc) is 2.77. The van der Waals surface area contributed by atoms with Crippen LogP contribution in [0.2, 0.25) is 0 Å². The van der Waals surface area contributed by atoms with Crippen LogP contribution in [0.25, 0.3) is 5.82 Å². The van der Waals surface area contributed by atoms with Crippen molar-refractivity contribution in [2.24, 2.45) is 0 Å². The summed E-state index contributed by atoms with van der Waals surface area (Å²) in [6, 6.07) is 0. The van der Waals surface area contributed by atoms with Crippen LogP contribution < -0.4 is 0 Å². The first-order valence-electron chi connectivity index (χ1n) is 5.31. The second kappa shape index (κ2) is 4.40. The van der Waals surface area contributed by atoms with Crippen molar-refractivity contribution in [3.63, 3.8) is 0 Å². The highest BCUT2D eigenvalue weighted by Crippen LogP contribution is 2.26. The molecule has 0 bridgehead atoms. The van der Waals surface area contributed by atoms with E-state index in [0.717, 1.165) is 11.9 Å². The van der Waals surface area contributed by atoms with Gasteiger partial charge in [0.25, 0.3) is 0 Å². The summed E-state index contributed by atoms with van der Waals surface area (Å²) in [4.78, 5) is 11.2. The number of nitrogens with zero attached hydrogens (tertiary/aromatic N) is 4. The van der Waals surface area contributed by atoms with Gasteiger partial charge in [0, 0.05) is 6.20 Å². The largest absolute Gasteiger partial charge is 0.434 e. The van der Waals surface area contributed by atoms with Crippen LogP contribution in [0.5, 0.6) is 0 Å². The van der Waals surface area contributed by atoms with E-state index in [9.17, 15) is 13.2 Å². The van der Waals surface area contributed by atoms with Crippen LogP contribution in [0.4, 0.5) is 13.2 Å². The maximum absolute atomic E-state index is 12.3. The standard InChI is InChI=1S/C11H11F3N4/c1-7(2)8-5-18(6-17-8)10-4-15-9(3-16-10)11(12,13)14/h3-7H,1-2H3. The third-order valence-corrected chi connectivity index (χ3v) is 2.39. The summed E-state index contributed by atoms with van der Waals surface area (Å²) >= 11 is 0. The molecule has 0 saturated carbocycles. The predicted octanol–water partition coefficient (Wildman–Crippen LogP) is 2.80. The fourth-order valence-corrected chi connectivity index (χ4v) is 1.36. The fourth-order valence-electron chi connectivity index (χ4n) is 1.36. The third kappa shape index (κ3) is 2.49. The minimum absolute atomic E-state index is 0.244. The van der Waals surface area contributed by atoms with Gasteiger partial charge in [0.05, 0.1) is 18.1 Å². The maximum Gasteiger partial charge on any atom is 0.434 e. The van der Waals surface area contributed by atoms with Gasteiger partial charge in [-0.25, -0.2) is 15.0 Å². The number of halogens is 3. The normalized spacial score (nSPS) is 12.1. The second-order valence-corrected chi connectivity index (χ2v) is 4.12. The number of imidazole rings is 1. The molecule has 4 nitrogen and oxygen atoms in total. The van der Waals surface area contributed by atoms with Gasteiger partial charge in [0.2, 0.25) is 0 Å². The molecule has 0 spiro atoms. The Bertz CT molecular complexity index is 528. The molecule has 96 valence electrons. The summed E-state index contributed by atoms with van der Waals surface area (Å²) in [7, 11) is 0. The highest BCUT2D eigenvalue weighted by Gasteiger charge is 2.32. The molecule has 2 aromatic rings. The lowest BCUT2D eigenvalue weighted by molar-refractivity contribution is -0.141. The van der Waals surface area contributed by atoms with Crippen molar-refractivity contribution in [1.82, 2.24) is 19.5 Å². The van der Waals surface area contributed by atoms with Crippen LogP contribution >= 0.6 is 0 Å². The summed E-state index contributed by atoms with van der Waals surface area (Å²) < 4.78 is 38.5. The molecule has 0 aliphatic heterocycles. The van der Waals surface area contributed by atoms with Crippen LogP contribution in [0.1, 0.15) is 31.2 Å². The number of alkyl halides is 3. The smallest absolute Gasteiger partial charge is 0.289 e. The van der Waals surface area contributed by atoms with Gasteiger partial charge >= 0.3 is 6.18 Å². The molecule has 0 atom stereocenters. The van der Waals surface area contributed by atoms with Crippen molar-refractivity contribution in [2.75, 3.05) is 0 Å². The SMILES string of the molecule is CC(C)c1cn(-c2cnc(C(F)(F)F)cn2)cn1. The summed E-state index contributed by atoms with van der Waals surface area (Å²) in [6.07, 6.45) is 0.553. The van der Waals surface area contributed by atoms with E-state index in [1.807, 2.05) is 13.8 Å². The minimum atomic E-state index is -4.47. The molecular weight excluding hydrogens is 245 g/mol. The molecule has 7 heteroatoms. The quantitative estimate of drug-likeness (QED) is 0.829. The van der Waals surface area contributed by atoms with Crippen LogP contribution in [0.3, 0.4) is 0 Å². The van der Waals surface area contributed by atoms with Crippen molar-refractivity contribution in [3.8, 4) is 5.82 Å². The summed E-state index contributed by atoms with van der Waals surface area (Å²) in [5.41, 5.74) is -0.160. The maximum atomic E-state index is 12.3. The van der Waals surface area contributed by atoms with E-state index in [1.54, 1.807) is 10.8 Å². The Morgan fingerprint density at radius 3 is 2.28 bits per heavy atom. The van der Waals surface area contributed by atoms with Gasteiger partial charge in [-0.15, -0.1) is 0 Å². The van der Waals surface area contributed by atoms with Gasteiger partial charge in [-0.1, -0.05) is 13.8 Å². The van der Waals surface area contributed by atoms with Gasteiger partial charge in [-0.3, -0.25) is 4.57 Å². The zero-order valence-corrected chi connectivity index (χ0v) is 9.81. The third-order valence-electron chi connectivity index (χ3n) is 2.39. The molecule has 0 aliphatic carbocycles. The molecule has 0 unspecified atom stereocenters. The zero-order valence-electron chi connectivity index (χ0n) is 9.81. The van der Waals surface area contributed by atoms with E-state index in [4.69, 9.17) is 0 Å². The Morgan fingerprint density at radius 2 is 1.83 bits per heavy atom. The van der Waals surface area contributed by atoms with E-state index in [2.05, 4.69) is 15.0 Å². The number of hydrogen-bond acceptors (Lipinski definition) is 3. The van der Waals surface area contributed by atoms with Crippen LogP contribution in [-0.4, -0.2) is 19.5 Å². The van der Waals surface area contributed by atoms with Crippen LogP contribution in [-0.2, 0) is 6.18 Å². The van der Waals surface area contributed by atoms with Gasteiger partial charge in [0.1, 0.15) is 6.33 Å². The molecule has 0 amide bonds. The summed E-state index contributed by atoms with van der Waals surface area (Å²) in [5, 5.41) is 0. The number of hydrogen-bond donors (Lipinski definition) is 0. The van der Waals surface area contributed by atoms with Crippen molar-refractivity contribution < 1.29 is 13.2 Å². The monoisotopic (exact) mass is 256 g/mol. The summed E-state index contributed by atoms with van der Waals surface area (Å²) in [5.74, 6) is 0.552. The molecule has 0 fully saturated rings. The first-order valence-corrected chi connectivity index (χ1v) is 5.31. The van der Waals surface area contributed by atoms with Gasteiger partial charge in [-0.2, -0.15) is 13.2 Å². The lowest BCUT2D eigenvalue weighted by atomic mass is 10.2. The lowest BCUT2D eigenvalue weighted by Gasteiger charge is -2.05. The van der Waals surface area contributed by atoms with Gasteiger partial charge < -0.3 is 0 Å². The highest BCUT2D eigenvalue weighted by atomic mass is 19.4. The topological polar surface area (TPSA) is 43.6 Å². The average molecular weight is 256 g/mol. The Kier molecular flexibility index (Phi) is 3.06. The van der Waals surface area contributed by atoms with Crippen molar-refractivity contribution in [3.05, 3.63) is 36.3 Å². The number of rotatable bonds is 2. The molecule has 2 aromatic heterocycles. The predicted molar refractivity (Wildman–Crippen MR) is 58.2 cm³/mol. The van der Waals surface area contributed by atoms with Gasteiger partial charge in [-0.05, 0) is 5.92 Å². The van der Waals surface area contributed by atoms with Crippen LogP contribution in [0, 0.1) is 0 Å². The van der Waals surface area contributed by atoms with E-state index in [1.165, 1.54) is 6.33 Å². The van der Waals surface area contributed by atoms with E-state index < -0.39 is 11.9 Å². The van der Waals surface area contributed by atoms with Crippen LogP contribution in [0.15, 0.2) is 24.9 Å². The Balaban J connectivity index is 2.29. The first-order chi connectivity index (χ1) is 8.38. The van der Waals surface area contributed by atoms with Crippen molar-refractivity contribution in [2.45, 2.75) is 25.9 Å². The highest BCUT2D eigenvalue weighted by molar-refractivity contribution is 5.21. The van der Waals surface area contributed by atoms with E-state index >= 15 is 0 Å². The van der Waals surface area contributed by atoms with Gasteiger partial charge in [0.15, 0.2) is 11.5 Å². The molecular formula is C11H11F3N4. The van der Waals surface area contributed by atoms with E-state index in [0.29, 0.717) is 12.0 Å². The molecule has 0 aliphatic rings. The molecule has 0 radical (unpaired) electrons. The zero-order chi connectivity index (χ0) is 13.3. The molecule has 18 heavy (non-hydrogen) atoms. The molecule has 2 heterocycles. The summed E-state index contributed by atoms with van der Waals surface area (Å²) in [6.45, 7) is 3.95. The second-order valence-electron chi connectivity index (χ2n) is 4.12. The molecule has 2 rings (SSSR count). The molecule has 0 N–H and O–H groups in total. The van der Waals surface area contributed by atoms with Crippen molar-refractivity contribution >= 4 is 0 Å². The molecule has 0 saturated heterocycles. The first kappa shape index (κ1) is 12.5. The number of aromatic nitrogens is 4. The Hall–Kier alpha value is -1.92. The van der Waals surface area contributed by atoms with Crippen molar-refractivity contribution in [1.29, 1.82) is 0 Å². The Labute approximate surface area is 102 Å². The molecule has 0 aromatic carbocycles. The lowest BCUT2D eigenvalue weighted by Crippen LogP contribution is -2.09. The fraction of sp³-hybridized carbons (Fsp3) is 0.364.